The molecule has 0 saturated carbocycles. The van der Waals surface area contributed by atoms with Crippen LogP contribution in [0.2, 0.25) is 0 Å². The first kappa shape index (κ1) is 21.6. The molecule has 6 nitrogen and oxygen atoms in total. The van der Waals surface area contributed by atoms with Crippen LogP contribution in [0.3, 0.4) is 0 Å². The maximum atomic E-state index is 13.8. The van der Waals surface area contributed by atoms with Crippen molar-refractivity contribution in [2.45, 2.75) is 31.7 Å². The van der Waals surface area contributed by atoms with Gasteiger partial charge in [-0.1, -0.05) is 0 Å². The Kier molecular flexibility index (Phi) is 7.24. The number of nitrogens with one attached hydrogen (secondary N) is 1. The van der Waals surface area contributed by atoms with Crippen molar-refractivity contribution in [2.24, 2.45) is 11.7 Å². The zero-order chi connectivity index (χ0) is 20.2. The number of carbonyl (C=O) groups excluding carboxylic acids is 1. The average molecular weight is 407 g/mol. The highest BCUT2D eigenvalue weighted by molar-refractivity contribution is 7.88. The number of nitrogens with two attached hydrogens (primary N) is 1. The van der Waals surface area contributed by atoms with Gasteiger partial charge in [0.25, 0.3) is 0 Å². The summed E-state index contributed by atoms with van der Waals surface area (Å²) in [7, 11) is -3.33. The predicted molar refractivity (Wildman–Crippen MR) is 94.8 cm³/mol. The van der Waals surface area contributed by atoms with Crippen LogP contribution in [-0.2, 0) is 21.2 Å². The minimum Gasteiger partial charge on any atom is -0.343 e. The van der Waals surface area contributed by atoms with Crippen LogP contribution < -0.4 is 10.5 Å². The standard InChI is InChI=1S/C17H24F3N3O3S/c1-27(25,26)22-5-2-17(24)23-6-3-11(4-7-23)16(21)9-12-8-14(19)15(20)10-13(12)18/h8,10-11,16,22H,2-7,9,21H2,1H3/t16-/m1/s1. The molecule has 152 valence electrons. The van der Waals surface area contributed by atoms with E-state index < -0.39 is 33.5 Å². The van der Waals surface area contributed by atoms with E-state index in [1.807, 2.05) is 0 Å². The van der Waals surface area contributed by atoms with Crippen molar-refractivity contribution in [3.8, 4) is 0 Å². The zero-order valence-corrected chi connectivity index (χ0v) is 15.9. The van der Waals surface area contributed by atoms with E-state index in [9.17, 15) is 26.4 Å². The van der Waals surface area contributed by atoms with Crippen LogP contribution in [0.5, 0.6) is 0 Å². The van der Waals surface area contributed by atoms with Crippen molar-refractivity contribution in [1.29, 1.82) is 0 Å². The van der Waals surface area contributed by atoms with Crippen LogP contribution >= 0.6 is 0 Å². The fourth-order valence-corrected chi connectivity index (χ4v) is 3.69. The molecule has 0 aromatic heterocycles. The van der Waals surface area contributed by atoms with Crippen molar-refractivity contribution in [1.82, 2.24) is 9.62 Å². The second-order valence-corrected chi connectivity index (χ2v) is 8.69. The first-order chi connectivity index (χ1) is 12.6. The van der Waals surface area contributed by atoms with Gasteiger partial charge in [0.05, 0.1) is 6.26 Å². The van der Waals surface area contributed by atoms with Gasteiger partial charge in [-0.15, -0.1) is 0 Å². The van der Waals surface area contributed by atoms with Gasteiger partial charge in [0, 0.05) is 38.2 Å². The van der Waals surface area contributed by atoms with Gasteiger partial charge in [-0.25, -0.2) is 26.3 Å². The van der Waals surface area contributed by atoms with Crippen molar-refractivity contribution >= 4 is 15.9 Å². The van der Waals surface area contributed by atoms with Crippen molar-refractivity contribution in [3.05, 3.63) is 35.1 Å². The SMILES string of the molecule is CS(=O)(=O)NCCC(=O)N1CCC([C@H](N)Cc2cc(F)c(F)cc2F)CC1. The normalized spacial score (nSPS) is 17.1. The fraction of sp³-hybridized carbons (Fsp3) is 0.588. The van der Waals surface area contributed by atoms with Crippen molar-refractivity contribution in [2.75, 3.05) is 25.9 Å². The molecule has 0 spiro atoms. The Bertz CT molecular complexity index is 781. The molecule has 0 bridgehead atoms. The molecule has 2 rings (SSSR count). The molecule has 1 saturated heterocycles. The van der Waals surface area contributed by atoms with Gasteiger partial charge in [-0.2, -0.15) is 0 Å². The lowest BCUT2D eigenvalue weighted by Crippen LogP contribution is -2.44. The lowest BCUT2D eigenvalue weighted by Gasteiger charge is -2.35. The fourth-order valence-electron chi connectivity index (χ4n) is 3.22. The predicted octanol–water partition coefficient (Wildman–Crippen LogP) is 1.15. The summed E-state index contributed by atoms with van der Waals surface area (Å²) in [5.41, 5.74) is 6.16. The highest BCUT2D eigenvalue weighted by Gasteiger charge is 2.27. The Morgan fingerprint density at radius 2 is 1.81 bits per heavy atom. The number of rotatable bonds is 7. The summed E-state index contributed by atoms with van der Waals surface area (Å²) in [6.45, 7) is 0.985. The van der Waals surface area contributed by atoms with E-state index in [4.69, 9.17) is 5.73 Å². The van der Waals surface area contributed by atoms with Gasteiger partial charge < -0.3 is 10.6 Å². The third-order valence-electron chi connectivity index (χ3n) is 4.75. The van der Waals surface area contributed by atoms with Crippen LogP contribution in [0.4, 0.5) is 13.2 Å². The first-order valence-corrected chi connectivity index (χ1v) is 10.6. The van der Waals surface area contributed by atoms with Gasteiger partial charge in [-0.3, -0.25) is 4.79 Å². The molecule has 27 heavy (non-hydrogen) atoms. The number of benzene rings is 1. The molecule has 0 unspecified atom stereocenters. The van der Waals surface area contributed by atoms with E-state index in [-0.39, 0.29) is 36.8 Å². The topological polar surface area (TPSA) is 92.5 Å². The number of nitrogens with zero attached hydrogens (tertiary/aromatic N) is 1. The Morgan fingerprint density at radius 3 is 2.41 bits per heavy atom. The zero-order valence-electron chi connectivity index (χ0n) is 15.1. The van der Waals surface area contributed by atoms with Gasteiger partial charge in [0.2, 0.25) is 15.9 Å². The van der Waals surface area contributed by atoms with E-state index >= 15 is 0 Å². The molecule has 10 heteroatoms. The van der Waals surface area contributed by atoms with E-state index in [1.54, 1.807) is 4.90 Å². The van der Waals surface area contributed by atoms with E-state index in [0.717, 1.165) is 12.3 Å². The number of sulfonamides is 1. The number of piperidine rings is 1. The highest BCUT2D eigenvalue weighted by Crippen LogP contribution is 2.24. The molecule has 1 amide bonds. The van der Waals surface area contributed by atoms with Crippen LogP contribution in [0, 0.1) is 23.4 Å². The number of likely N-dealkylation sites (tertiary alicyclic amines) is 1. The molecular weight excluding hydrogens is 383 g/mol. The summed E-state index contributed by atoms with van der Waals surface area (Å²) in [5, 5.41) is 0. The smallest absolute Gasteiger partial charge is 0.223 e. The molecule has 1 aliphatic rings. The minimum atomic E-state index is -3.33. The summed E-state index contributed by atoms with van der Waals surface area (Å²) >= 11 is 0. The van der Waals surface area contributed by atoms with E-state index in [1.165, 1.54) is 0 Å². The molecule has 3 N–H and O–H groups in total. The largest absolute Gasteiger partial charge is 0.343 e. The molecule has 0 aliphatic carbocycles. The lowest BCUT2D eigenvalue weighted by molar-refractivity contribution is -0.132. The quantitative estimate of drug-likeness (QED) is 0.664. The maximum Gasteiger partial charge on any atom is 0.223 e. The highest BCUT2D eigenvalue weighted by atomic mass is 32.2. The molecule has 0 radical (unpaired) electrons. The van der Waals surface area contributed by atoms with Crippen LogP contribution in [0.15, 0.2) is 12.1 Å². The van der Waals surface area contributed by atoms with Crippen LogP contribution in [-0.4, -0.2) is 51.2 Å². The second kappa shape index (κ2) is 9.03. The summed E-state index contributed by atoms with van der Waals surface area (Å²) in [6.07, 6.45) is 2.40. The van der Waals surface area contributed by atoms with Crippen LogP contribution in [0.1, 0.15) is 24.8 Å². The molecule has 1 aliphatic heterocycles. The Labute approximate surface area is 157 Å². The van der Waals surface area contributed by atoms with Crippen molar-refractivity contribution < 1.29 is 26.4 Å². The number of halogens is 3. The second-order valence-electron chi connectivity index (χ2n) is 6.86. The first-order valence-electron chi connectivity index (χ1n) is 8.68. The van der Waals surface area contributed by atoms with Crippen molar-refractivity contribution in [3.63, 3.8) is 0 Å². The van der Waals surface area contributed by atoms with Gasteiger partial charge in [0.1, 0.15) is 5.82 Å². The number of amides is 1. The summed E-state index contributed by atoms with van der Waals surface area (Å²) in [4.78, 5) is 13.7. The maximum absolute atomic E-state index is 13.8. The number of hydrogen-bond donors (Lipinski definition) is 2. The summed E-state index contributed by atoms with van der Waals surface area (Å²) < 4.78 is 64.3. The van der Waals surface area contributed by atoms with E-state index in [0.29, 0.717) is 32.0 Å². The van der Waals surface area contributed by atoms with E-state index in [2.05, 4.69) is 4.72 Å². The molecular formula is C17H24F3N3O3S. The summed E-state index contributed by atoms with van der Waals surface area (Å²) in [6, 6.07) is 0.912. The molecule has 1 atom stereocenters. The number of carbonyl (C=O) groups is 1. The Balaban J connectivity index is 1.82. The molecule has 1 aromatic rings. The number of hydrogen-bond acceptors (Lipinski definition) is 4. The Hall–Kier alpha value is -1.65. The van der Waals surface area contributed by atoms with Gasteiger partial charge in [0.15, 0.2) is 11.6 Å². The third-order valence-corrected chi connectivity index (χ3v) is 5.47. The third kappa shape index (κ3) is 6.47. The van der Waals surface area contributed by atoms with Crippen LogP contribution in [0.25, 0.3) is 0 Å². The monoisotopic (exact) mass is 407 g/mol. The Morgan fingerprint density at radius 1 is 1.22 bits per heavy atom. The average Bonchev–Trinajstić information content (AvgIpc) is 2.58. The molecule has 1 aromatic carbocycles. The minimum absolute atomic E-state index is 0.0238. The van der Waals surface area contributed by atoms with Gasteiger partial charge >= 0.3 is 0 Å². The molecule has 1 fully saturated rings. The van der Waals surface area contributed by atoms with Gasteiger partial charge in [-0.05, 0) is 36.8 Å². The summed E-state index contributed by atoms with van der Waals surface area (Å²) in [5.74, 6) is -3.29. The molecule has 1 heterocycles. The lowest BCUT2D eigenvalue weighted by atomic mass is 9.86.